The Morgan fingerprint density at radius 3 is 2.81 bits per heavy atom. The molecule has 0 spiro atoms. The molecule has 0 N–H and O–H groups in total. The normalized spacial score (nSPS) is 17.1. The van der Waals surface area contributed by atoms with Crippen molar-refractivity contribution in [2.75, 3.05) is 6.61 Å². The van der Waals surface area contributed by atoms with E-state index in [9.17, 15) is 4.39 Å². The molecule has 1 aromatic carbocycles. The lowest BCUT2D eigenvalue weighted by atomic mass is 10.2. The average molecular weight is 373 g/mol. The highest BCUT2D eigenvalue weighted by Crippen LogP contribution is 2.28. The number of thioether (sulfide) groups is 1. The Bertz CT molecular complexity index is 870. The second-order valence-electron chi connectivity index (χ2n) is 6.37. The molecule has 0 unspecified atom stereocenters. The van der Waals surface area contributed by atoms with Gasteiger partial charge in [-0.15, -0.1) is 10.2 Å². The largest absolute Gasteiger partial charge is 0.376 e. The van der Waals surface area contributed by atoms with Crippen LogP contribution in [-0.4, -0.2) is 37.3 Å². The fourth-order valence-corrected chi connectivity index (χ4v) is 3.93. The molecule has 2 aromatic heterocycles. The average Bonchev–Trinajstić information content (AvgIpc) is 3.37. The summed E-state index contributed by atoms with van der Waals surface area (Å²) in [5, 5.41) is 13.9. The SMILES string of the molecule is Cn1cc(-c2nnc(SCc3ccc(F)cc3)n2C[C@@H]2CCCO2)cn1. The van der Waals surface area contributed by atoms with Gasteiger partial charge in [-0.1, -0.05) is 23.9 Å². The summed E-state index contributed by atoms with van der Waals surface area (Å²) in [6.07, 6.45) is 6.06. The van der Waals surface area contributed by atoms with Crippen LogP contribution in [0.2, 0.25) is 0 Å². The monoisotopic (exact) mass is 373 g/mol. The van der Waals surface area contributed by atoms with Crippen LogP contribution in [-0.2, 0) is 24.1 Å². The summed E-state index contributed by atoms with van der Waals surface area (Å²) >= 11 is 1.60. The number of hydrogen-bond acceptors (Lipinski definition) is 5. The van der Waals surface area contributed by atoms with Crippen LogP contribution in [0, 0.1) is 5.82 Å². The van der Waals surface area contributed by atoms with Gasteiger partial charge < -0.3 is 4.74 Å². The summed E-state index contributed by atoms with van der Waals surface area (Å²) in [7, 11) is 1.88. The van der Waals surface area contributed by atoms with Crippen molar-refractivity contribution in [3.05, 3.63) is 48.0 Å². The fraction of sp³-hybridized carbons (Fsp3) is 0.389. The molecular formula is C18H20FN5OS. The van der Waals surface area contributed by atoms with Crippen molar-refractivity contribution in [3.8, 4) is 11.4 Å². The van der Waals surface area contributed by atoms with Gasteiger partial charge in [0.25, 0.3) is 0 Å². The standard InChI is InChI=1S/C18H20FN5OS/c1-23-10-14(9-20-23)17-21-22-18(24(17)11-16-3-2-8-25-16)26-12-13-4-6-15(19)7-5-13/h4-7,9-10,16H,2-3,8,11-12H2,1H3/t16-/m0/s1. The van der Waals surface area contributed by atoms with Crippen molar-refractivity contribution in [1.29, 1.82) is 0 Å². The minimum absolute atomic E-state index is 0.187. The first-order chi connectivity index (χ1) is 12.7. The molecule has 1 aliphatic heterocycles. The number of rotatable bonds is 6. The third-order valence-electron chi connectivity index (χ3n) is 4.37. The van der Waals surface area contributed by atoms with E-state index < -0.39 is 0 Å². The van der Waals surface area contributed by atoms with Crippen LogP contribution in [0.5, 0.6) is 0 Å². The van der Waals surface area contributed by atoms with E-state index >= 15 is 0 Å². The van der Waals surface area contributed by atoms with Crippen LogP contribution >= 0.6 is 11.8 Å². The second kappa shape index (κ2) is 7.59. The molecule has 1 atom stereocenters. The summed E-state index contributed by atoms with van der Waals surface area (Å²) in [6.45, 7) is 1.54. The number of hydrogen-bond donors (Lipinski definition) is 0. The van der Waals surface area contributed by atoms with E-state index in [-0.39, 0.29) is 11.9 Å². The number of nitrogens with zero attached hydrogens (tertiary/aromatic N) is 5. The lowest BCUT2D eigenvalue weighted by Gasteiger charge is -2.14. The van der Waals surface area contributed by atoms with Gasteiger partial charge in [-0.05, 0) is 30.5 Å². The third-order valence-corrected chi connectivity index (χ3v) is 5.41. The number of aromatic nitrogens is 5. The maximum Gasteiger partial charge on any atom is 0.191 e. The Morgan fingerprint density at radius 1 is 1.27 bits per heavy atom. The smallest absolute Gasteiger partial charge is 0.191 e. The second-order valence-corrected chi connectivity index (χ2v) is 7.31. The highest BCUT2D eigenvalue weighted by atomic mass is 32.2. The maximum atomic E-state index is 13.1. The highest BCUT2D eigenvalue weighted by molar-refractivity contribution is 7.98. The first-order valence-corrected chi connectivity index (χ1v) is 9.58. The highest BCUT2D eigenvalue weighted by Gasteiger charge is 2.22. The molecule has 1 saturated heterocycles. The molecule has 3 heterocycles. The van der Waals surface area contributed by atoms with Crippen molar-refractivity contribution in [1.82, 2.24) is 24.5 Å². The van der Waals surface area contributed by atoms with Crippen molar-refractivity contribution in [3.63, 3.8) is 0 Å². The molecule has 1 aliphatic rings. The lowest BCUT2D eigenvalue weighted by Crippen LogP contribution is -2.16. The molecule has 8 heteroatoms. The van der Waals surface area contributed by atoms with E-state index in [2.05, 4.69) is 19.9 Å². The van der Waals surface area contributed by atoms with Crippen molar-refractivity contribution in [2.45, 2.75) is 36.4 Å². The molecule has 0 amide bonds. The van der Waals surface area contributed by atoms with E-state index in [1.807, 2.05) is 13.2 Å². The van der Waals surface area contributed by atoms with Gasteiger partial charge in [-0.25, -0.2) is 4.39 Å². The lowest BCUT2D eigenvalue weighted by molar-refractivity contribution is 0.0953. The minimum Gasteiger partial charge on any atom is -0.376 e. The Labute approximate surface area is 155 Å². The summed E-state index contributed by atoms with van der Waals surface area (Å²) in [5.41, 5.74) is 1.98. The van der Waals surface area contributed by atoms with E-state index in [0.717, 1.165) is 48.1 Å². The first-order valence-electron chi connectivity index (χ1n) is 8.60. The van der Waals surface area contributed by atoms with Gasteiger partial charge in [0.05, 0.1) is 24.4 Å². The van der Waals surface area contributed by atoms with E-state index in [0.29, 0.717) is 5.75 Å². The predicted octanol–water partition coefficient (Wildman–Crippen LogP) is 3.29. The molecule has 4 rings (SSSR count). The molecular weight excluding hydrogens is 353 g/mol. The zero-order valence-electron chi connectivity index (χ0n) is 14.5. The van der Waals surface area contributed by atoms with Crippen LogP contribution in [0.15, 0.2) is 41.8 Å². The number of halogens is 1. The minimum atomic E-state index is -0.223. The fourth-order valence-electron chi connectivity index (χ4n) is 3.03. The Morgan fingerprint density at radius 2 is 2.12 bits per heavy atom. The van der Waals surface area contributed by atoms with E-state index in [4.69, 9.17) is 4.74 Å². The molecule has 0 aliphatic carbocycles. The zero-order valence-corrected chi connectivity index (χ0v) is 15.3. The zero-order chi connectivity index (χ0) is 17.9. The van der Waals surface area contributed by atoms with Gasteiger partial charge >= 0.3 is 0 Å². The Kier molecular flexibility index (Phi) is 5.03. The summed E-state index contributed by atoms with van der Waals surface area (Å²) in [5.74, 6) is 1.28. The number of ether oxygens (including phenoxy) is 1. The van der Waals surface area contributed by atoms with E-state index in [1.165, 1.54) is 12.1 Å². The molecule has 0 saturated carbocycles. The molecule has 3 aromatic rings. The van der Waals surface area contributed by atoms with E-state index in [1.54, 1.807) is 34.8 Å². The molecule has 0 bridgehead atoms. The summed E-state index contributed by atoms with van der Waals surface area (Å²) < 4.78 is 22.8. The Balaban J connectivity index is 1.58. The van der Waals surface area contributed by atoms with Crippen LogP contribution < -0.4 is 0 Å². The molecule has 136 valence electrons. The number of benzene rings is 1. The van der Waals surface area contributed by atoms with Gasteiger partial charge in [-0.2, -0.15) is 5.10 Å². The van der Waals surface area contributed by atoms with Gasteiger partial charge in [0.15, 0.2) is 11.0 Å². The van der Waals surface area contributed by atoms with Crippen molar-refractivity contribution >= 4 is 11.8 Å². The van der Waals surface area contributed by atoms with Crippen LogP contribution in [0.25, 0.3) is 11.4 Å². The van der Waals surface area contributed by atoms with Gasteiger partial charge in [0.1, 0.15) is 5.82 Å². The van der Waals surface area contributed by atoms with Gasteiger partial charge in [0.2, 0.25) is 0 Å². The number of aryl methyl sites for hydroxylation is 1. The first kappa shape index (κ1) is 17.2. The summed E-state index contributed by atoms with van der Waals surface area (Å²) in [4.78, 5) is 0. The van der Waals surface area contributed by atoms with Crippen LogP contribution in [0.1, 0.15) is 18.4 Å². The van der Waals surface area contributed by atoms with Crippen LogP contribution in [0.3, 0.4) is 0 Å². The predicted molar refractivity (Wildman–Crippen MR) is 97.2 cm³/mol. The van der Waals surface area contributed by atoms with Crippen molar-refractivity contribution < 1.29 is 9.13 Å². The molecule has 6 nitrogen and oxygen atoms in total. The molecule has 1 fully saturated rings. The quantitative estimate of drug-likeness (QED) is 0.621. The topological polar surface area (TPSA) is 57.8 Å². The third kappa shape index (κ3) is 3.81. The van der Waals surface area contributed by atoms with Crippen LogP contribution in [0.4, 0.5) is 4.39 Å². The summed E-state index contributed by atoms with van der Waals surface area (Å²) in [6, 6.07) is 6.55. The Hall–Kier alpha value is -2.19. The van der Waals surface area contributed by atoms with Crippen molar-refractivity contribution in [2.24, 2.45) is 7.05 Å². The maximum absolute atomic E-state index is 13.1. The molecule has 26 heavy (non-hydrogen) atoms. The molecule has 0 radical (unpaired) electrons. The van der Waals surface area contributed by atoms with Gasteiger partial charge in [0, 0.05) is 25.6 Å². The van der Waals surface area contributed by atoms with Gasteiger partial charge in [-0.3, -0.25) is 9.25 Å².